The van der Waals surface area contributed by atoms with Crippen molar-refractivity contribution in [2.75, 3.05) is 0 Å². The summed E-state index contributed by atoms with van der Waals surface area (Å²) in [6.45, 7) is 1.87. The molecule has 0 aliphatic heterocycles. The fraction of sp³-hybridized carbons (Fsp3) is 0.727. The maximum atomic E-state index is 11.1. The fourth-order valence-electron chi connectivity index (χ4n) is 2.20. The number of nitrogens with zero attached hydrogens (tertiary/aromatic N) is 3. The molecule has 0 spiro atoms. The van der Waals surface area contributed by atoms with Crippen LogP contribution in [0.1, 0.15) is 31.2 Å². The largest absolute Gasteiger partial charge is 0.327 e. The highest BCUT2D eigenvalue weighted by Gasteiger charge is 2.33. The van der Waals surface area contributed by atoms with Crippen molar-refractivity contribution in [3.8, 4) is 0 Å². The van der Waals surface area contributed by atoms with Crippen LogP contribution in [0.25, 0.3) is 0 Å². The van der Waals surface area contributed by atoms with Gasteiger partial charge in [-0.1, -0.05) is 6.92 Å². The maximum Gasteiger partial charge on any atom is 0.313 e. The van der Waals surface area contributed by atoms with E-state index in [2.05, 4.69) is 5.10 Å². The molecule has 94 valence electrons. The van der Waals surface area contributed by atoms with Gasteiger partial charge in [0, 0.05) is 19.5 Å². The van der Waals surface area contributed by atoms with E-state index in [4.69, 9.17) is 5.73 Å². The first-order chi connectivity index (χ1) is 8.04. The summed E-state index contributed by atoms with van der Waals surface area (Å²) in [5, 5.41) is 15.3. The van der Waals surface area contributed by atoms with Crippen LogP contribution >= 0.6 is 0 Å². The van der Waals surface area contributed by atoms with Crippen LogP contribution in [0.3, 0.4) is 0 Å². The third kappa shape index (κ3) is 2.31. The molecule has 6 heteroatoms. The molecule has 1 unspecified atom stereocenters. The highest BCUT2D eigenvalue weighted by atomic mass is 16.6. The molecule has 1 aromatic heterocycles. The molecule has 1 saturated carbocycles. The summed E-state index contributed by atoms with van der Waals surface area (Å²) in [6, 6.07) is 0.0220. The second kappa shape index (κ2) is 4.44. The molecule has 1 atom stereocenters. The zero-order chi connectivity index (χ0) is 12.6. The summed E-state index contributed by atoms with van der Waals surface area (Å²) in [6.07, 6.45) is 3.41. The summed E-state index contributed by atoms with van der Waals surface area (Å²) < 4.78 is 1.61. The predicted octanol–water partition coefficient (Wildman–Crippen LogP) is 1.17. The molecule has 0 saturated heterocycles. The van der Waals surface area contributed by atoms with Crippen LogP contribution in [0.4, 0.5) is 5.69 Å². The van der Waals surface area contributed by atoms with Crippen molar-refractivity contribution in [3.05, 3.63) is 21.5 Å². The number of hydrogen-bond donors (Lipinski definition) is 1. The van der Waals surface area contributed by atoms with Crippen LogP contribution in [0.5, 0.6) is 0 Å². The smallest absolute Gasteiger partial charge is 0.313 e. The molecule has 0 amide bonds. The standard InChI is InChI=1S/C11H18N4O2/c1-3-9-11(15(16)17)10(14(2)13-9)6-8(12)7-4-5-7/h7-8H,3-6,12H2,1-2H3. The van der Waals surface area contributed by atoms with E-state index in [1.807, 2.05) is 6.92 Å². The Balaban J connectivity index is 2.30. The predicted molar refractivity (Wildman–Crippen MR) is 63.6 cm³/mol. The Bertz CT molecular complexity index is 437. The summed E-state index contributed by atoms with van der Waals surface area (Å²) in [4.78, 5) is 10.8. The highest BCUT2D eigenvalue weighted by Crippen LogP contribution is 2.34. The Kier molecular flexibility index (Phi) is 3.15. The quantitative estimate of drug-likeness (QED) is 0.616. The van der Waals surface area contributed by atoms with Gasteiger partial charge in [-0.05, 0) is 25.2 Å². The number of hydrogen-bond acceptors (Lipinski definition) is 4. The molecule has 0 bridgehead atoms. The molecule has 1 heterocycles. The molecule has 2 N–H and O–H groups in total. The monoisotopic (exact) mass is 238 g/mol. The fourth-order valence-corrected chi connectivity index (χ4v) is 2.20. The van der Waals surface area contributed by atoms with E-state index in [0.29, 0.717) is 30.1 Å². The lowest BCUT2D eigenvalue weighted by Gasteiger charge is -2.09. The Hall–Kier alpha value is -1.43. The van der Waals surface area contributed by atoms with Gasteiger partial charge in [-0.3, -0.25) is 14.8 Å². The third-order valence-electron chi connectivity index (χ3n) is 3.38. The number of nitrogens with two attached hydrogens (primary N) is 1. The Morgan fingerprint density at radius 1 is 1.65 bits per heavy atom. The van der Waals surface area contributed by atoms with Gasteiger partial charge >= 0.3 is 5.69 Å². The minimum absolute atomic E-state index is 0.0220. The van der Waals surface area contributed by atoms with Crippen molar-refractivity contribution < 1.29 is 4.92 Å². The zero-order valence-corrected chi connectivity index (χ0v) is 10.2. The summed E-state index contributed by atoms with van der Waals surface area (Å²) in [5.74, 6) is 0.537. The lowest BCUT2D eigenvalue weighted by Crippen LogP contribution is -2.26. The molecule has 1 fully saturated rings. The maximum absolute atomic E-state index is 11.1. The number of aromatic nitrogens is 2. The Morgan fingerprint density at radius 3 is 2.76 bits per heavy atom. The highest BCUT2D eigenvalue weighted by molar-refractivity contribution is 5.41. The van der Waals surface area contributed by atoms with E-state index < -0.39 is 0 Å². The van der Waals surface area contributed by atoms with Gasteiger partial charge in [-0.25, -0.2) is 0 Å². The van der Waals surface area contributed by atoms with Gasteiger partial charge in [0.25, 0.3) is 0 Å². The van der Waals surface area contributed by atoms with Crippen LogP contribution in [0.15, 0.2) is 0 Å². The van der Waals surface area contributed by atoms with E-state index in [9.17, 15) is 10.1 Å². The first-order valence-electron chi connectivity index (χ1n) is 5.99. The average molecular weight is 238 g/mol. The molecule has 0 aromatic carbocycles. The van der Waals surface area contributed by atoms with Crippen molar-refractivity contribution in [1.29, 1.82) is 0 Å². The summed E-state index contributed by atoms with van der Waals surface area (Å²) >= 11 is 0. The minimum Gasteiger partial charge on any atom is -0.327 e. The van der Waals surface area contributed by atoms with Gasteiger partial charge in [0.15, 0.2) is 0 Å². The molecule has 6 nitrogen and oxygen atoms in total. The van der Waals surface area contributed by atoms with Crippen LogP contribution in [-0.2, 0) is 19.9 Å². The van der Waals surface area contributed by atoms with Crippen molar-refractivity contribution in [2.45, 2.75) is 38.6 Å². The Morgan fingerprint density at radius 2 is 2.29 bits per heavy atom. The lowest BCUT2D eigenvalue weighted by molar-refractivity contribution is -0.386. The van der Waals surface area contributed by atoms with Crippen molar-refractivity contribution in [1.82, 2.24) is 9.78 Å². The van der Waals surface area contributed by atoms with Gasteiger partial charge in [-0.15, -0.1) is 0 Å². The van der Waals surface area contributed by atoms with Crippen LogP contribution in [-0.4, -0.2) is 20.7 Å². The number of rotatable bonds is 5. The average Bonchev–Trinajstić information content (AvgIpc) is 3.05. The number of aryl methyl sites for hydroxylation is 2. The molecule has 1 aromatic rings. The second-order valence-electron chi connectivity index (χ2n) is 4.68. The Labute approximate surface area is 99.9 Å². The van der Waals surface area contributed by atoms with Crippen LogP contribution in [0.2, 0.25) is 0 Å². The molecule has 1 aliphatic carbocycles. The minimum atomic E-state index is -0.333. The second-order valence-corrected chi connectivity index (χ2v) is 4.68. The van der Waals surface area contributed by atoms with E-state index in [0.717, 1.165) is 12.8 Å². The lowest BCUT2D eigenvalue weighted by atomic mass is 10.1. The van der Waals surface area contributed by atoms with Gasteiger partial charge in [0.2, 0.25) is 0 Å². The molecule has 1 aliphatic rings. The van der Waals surface area contributed by atoms with Gasteiger partial charge in [-0.2, -0.15) is 5.10 Å². The molecule has 17 heavy (non-hydrogen) atoms. The molecular formula is C11H18N4O2. The van der Waals surface area contributed by atoms with E-state index >= 15 is 0 Å². The molecule has 2 rings (SSSR count). The molecular weight excluding hydrogens is 220 g/mol. The topological polar surface area (TPSA) is 87.0 Å². The van der Waals surface area contributed by atoms with Crippen LogP contribution < -0.4 is 5.73 Å². The van der Waals surface area contributed by atoms with Crippen LogP contribution in [0, 0.1) is 16.0 Å². The normalized spacial score (nSPS) is 17.1. The van der Waals surface area contributed by atoms with E-state index in [1.54, 1.807) is 11.7 Å². The van der Waals surface area contributed by atoms with Crippen molar-refractivity contribution in [2.24, 2.45) is 18.7 Å². The van der Waals surface area contributed by atoms with Gasteiger partial charge in [0.05, 0.1) is 4.92 Å². The first kappa shape index (κ1) is 12.0. The third-order valence-corrected chi connectivity index (χ3v) is 3.38. The SMILES string of the molecule is CCc1nn(C)c(CC(N)C2CC2)c1[N+](=O)[O-]. The number of nitro groups is 1. The van der Waals surface area contributed by atoms with E-state index in [-0.39, 0.29) is 16.7 Å². The van der Waals surface area contributed by atoms with Crippen molar-refractivity contribution >= 4 is 5.69 Å². The zero-order valence-electron chi connectivity index (χ0n) is 10.2. The van der Waals surface area contributed by atoms with Gasteiger partial charge in [0.1, 0.15) is 11.4 Å². The summed E-state index contributed by atoms with van der Waals surface area (Å²) in [5.41, 5.74) is 7.40. The first-order valence-corrected chi connectivity index (χ1v) is 5.99. The summed E-state index contributed by atoms with van der Waals surface area (Å²) in [7, 11) is 1.75. The van der Waals surface area contributed by atoms with Crippen molar-refractivity contribution in [3.63, 3.8) is 0 Å². The van der Waals surface area contributed by atoms with E-state index in [1.165, 1.54) is 0 Å². The molecule has 0 radical (unpaired) electrons. The van der Waals surface area contributed by atoms with Gasteiger partial charge < -0.3 is 5.73 Å².